The molecule has 100 valence electrons. The molecule has 0 atom stereocenters. The summed E-state index contributed by atoms with van der Waals surface area (Å²) in [4.78, 5) is 0. The molecule has 0 aliphatic heterocycles. The fourth-order valence-electron chi connectivity index (χ4n) is 0.780. The van der Waals surface area contributed by atoms with Crippen LogP contribution < -0.4 is 0 Å². The average molecular weight is 258 g/mol. The molecule has 0 saturated carbocycles. The van der Waals surface area contributed by atoms with E-state index in [1.807, 2.05) is 13.2 Å². The van der Waals surface area contributed by atoms with Gasteiger partial charge in [-0.25, -0.2) is 0 Å². The average Bonchev–Trinajstić information content (AvgIpc) is 2.56. The molecule has 17 heavy (non-hydrogen) atoms. The van der Waals surface area contributed by atoms with E-state index in [0.717, 1.165) is 5.69 Å². The van der Waals surface area contributed by atoms with Gasteiger partial charge in [0.1, 0.15) is 5.69 Å². The molecule has 0 aliphatic carbocycles. The third-order valence-electron chi connectivity index (χ3n) is 1.33. The first-order valence-corrected chi connectivity index (χ1v) is 4.62. The number of aromatic nitrogens is 3. The number of aryl methyl sites for hydroxylation is 1. The van der Waals surface area contributed by atoms with Crippen LogP contribution in [0.4, 0.5) is 17.3 Å². The lowest BCUT2D eigenvalue weighted by molar-refractivity contribution is 0.0602. The predicted octanol–water partition coefficient (Wildman–Crippen LogP) is 1.28. The Labute approximate surface area is 95.8 Å². The fraction of sp³-hybridized carbons (Fsp3) is 0.714. The molecule has 0 saturated heterocycles. The maximum atomic E-state index is 9.75. The fourth-order valence-corrected chi connectivity index (χ4v) is 0.780. The van der Waals surface area contributed by atoms with Gasteiger partial charge >= 0.3 is 7.25 Å². The Hall–Kier alpha value is -1.16. The first kappa shape index (κ1) is 15.8. The Morgan fingerprint density at radius 2 is 1.88 bits per heavy atom. The number of hydrogen-bond donors (Lipinski definition) is 0. The maximum Gasteiger partial charge on any atom is 0.673 e. The smallest absolute Gasteiger partial charge is 0.418 e. The van der Waals surface area contributed by atoms with Gasteiger partial charge in [-0.05, 0) is 0 Å². The van der Waals surface area contributed by atoms with E-state index in [-0.39, 0.29) is 0 Å². The summed E-state index contributed by atoms with van der Waals surface area (Å²) in [5.74, 6) is 0. The minimum atomic E-state index is -6.00. The van der Waals surface area contributed by atoms with Crippen molar-refractivity contribution >= 4 is 7.25 Å². The van der Waals surface area contributed by atoms with Crippen LogP contribution >= 0.6 is 0 Å². The monoisotopic (exact) mass is 258 g/mol. The molecule has 0 fully saturated rings. The molecule has 1 heterocycles. The number of rotatable bonds is 5. The first-order valence-electron chi connectivity index (χ1n) is 4.62. The Kier molecular flexibility index (Phi) is 7.47. The molecule has 0 amide bonds. The van der Waals surface area contributed by atoms with Crippen LogP contribution in [-0.2, 0) is 23.1 Å². The minimum Gasteiger partial charge on any atom is -0.418 e. The van der Waals surface area contributed by atoms with E-state index in [2.05, 4.69) is 10.3 Å². The lowest BCUT2D eigenvalue weighted by Crippen LogP contribution is -2.02. The molecule has 0 N–H and O–H groups in total. The summed E-state index contributed by atoms with van der Waals surface area (Å²) in [6.45, 7) is 1.70. The van der Waals surface area contributed by atoms with Crippen LogP contribution in [0, 0.1) is 0 Å². The Balaban J connectivity index is 0.000000437. The van der Waals surface area contributed by atoms with Crippen molar-refractivity contribution < 1.29 is 26.7 Å². The Bertz CT molecular complexity index is 302. The summed E-state index contributed by atoms with van der Waals surface area (Å²) < 4.78 is 50.7. The van der Waals surface area contributed by atoms with Crippen LogP contribution in [0.3, 0.4) is 0 Å². The van der Waals surface area contributed by atoms with Gasteiger partial charge in [0.05, 0.1) is 26.0 Å². The van der Waals surface area contributed by atoms with Gasteiger partial charge in [0.15, 0.2) is 0 Å². The molecule has 1 rings (SSSR count). The maximum absolute atomic E-state index is 9.75. The van der Waals surface area contributed by atoms with Crippen LogP contribution in [0.15, 0.2) is 6.20 Å². The third kappa shape index (κ3) is 12.8. The molecule has 0 spiro atoms. The Morgan fingerprint density at radius 1 is 1.29 bits per heavy atom. The summed E-state index contributed by atoms with van der Waals surface area (Å²) in [6.07, 6.45) is 1.83. The summed E-state index contributed by atoms with van der Waals surface area (Å²) >= 11 is 0. The number of ether oxygens (including phenoxy) is 2. The second kappa shape index (κ2) is 8.01. The second-order valence-corrected chi connectivity index (χ2v) is 2.92. The van der Waals surface area contributed by atoms with Crippen molar-refractivity contribution in [3.8, 4) is 0 Å². The number of nitrogens with zero attached hydrogens (tertiary/aromatic N) is 3. The van der Waals surface area contributed by atoms with E-state index in [1.54, 1.807) is 11.8 Å². The molecule has 0 radical (unpaired) electrons. The quantitative estimate of drug-likeness (QED) is 0.453. The third-order valence-corrected chi connectivity index (χ3v) is 1.33. The topological polar surface area (TPSA) is 49.2 Å². The largest absolute Gasteiger partial charge is 0.673 e. The summed E-state index contributed by atoms with van der Waals surface area (Å²) in [7, 11) is -2.53. The summed E-state index contributed by atoms with van der Waals surface area (Å²) in [5, 5.41) is 7.63. The van der Waals surface area contributed by atoms with Crippen molar-refractivity contribution in [2.45, 2.75) is 6.61 Å². The lowest BCUT2D eigenvalue weighted by Gasteiger charge is -1.98. The molecule has 1 aromatic heterocycles. The molecule has 0 aromatic carbocycles. The standard InChI is InChI=1S/C7H13N3O2.BF4/c1-10-5-7(8-9-10)6-12-4-3-11-2;2-1(3,4)5/h5H,3-4,6H2,1-2H3;/q;-1. The molecule has 1 aromatic rings. The van der Waals surface area contributed by atoms with Gasteiger partial charge in [-0.2, -0.15) is 0 Å². The highest BCUT2D eigenvalue weighted by Crippen LogP contribution is 2.06. The predicted molar refractivity (Wildman–Crippen MR) is 52.7 cm³/mol. The molecule has 0 bridgehead atoms. The van der Waals surface area contributed by atoms with Crippen molar-refractivity contribution in [2.75, 3.05) is 20.3 Å². The van der Waals surface area contributed by atoms with Gasteiger partial charge in [0.2, 0.25) is 0 Å². The van der Waals surface area contributed by atoms with Crippen LogP contribution in [0.25, 0.3) is 0 Å². The van der Waals surface area contributed by atoms with Crippen molar-refractivity contribution in [1.82, 2.24) is 15.0 Å². The molecule has 0 aliphatic rings. The summed E-state index contributed by atoms with van der Waals surface area (Å²) in [5.41, 5.74) is 0.841. The Morgan fingerprint density at radius 3 is 2.29 bits per heavy atom. The summed E-state index contributed by atoms with van der Waals surface area (Å²) in [6, 6.07) is 0. The number of hydrogen-bond acceptors (Lipinski definition) is 4. The highest BCUT2D eigenvalue weighted by atomic mass is 19.5. The minimum absolute atomic E-state index is 0.497. The van der Waals surface area contributed by atoms with Gasteiger partial charge < -0.3 is 26.7 Å². The van der Waals surface area contributed by atoms with Crippen LogP contribution in [0.1, 0.15) is 5.69 Å². The number of methoxy groups -OCH3 is 1. The highest BCUT2D eigenvalue weighted by molar-refractivity contribution is 6.50. The SMILES string of the molecule is COCCOCc1cn(C)nn1.F[B-](F)(F)F. The normalized spacial score (nSPS) is 10.9. The van der Waals surface area contributed by atoms with Crippen LogP contribution in [-0.4, -0.2) is 42.6 Å². The van der Waals surface area contributed by atoms with Gasteiger partial charge in [-0.3, -0.25) is 4.68 Å². The lowest BCUT2D eigenvalue weighted by atomic mass is 10.3. The molecule has 0 unspecified atom stereocenters. The van der Waals surface area contributed by atoms with Crippen molar-refractivity contribution in [3.05, 3.63) is 11.9 Å². The molecular formula is C7H13BF4N3O2-. The molecular weight excluding hydrogens is 245 g/mol. The molecule has 5 nitrogen and oxygen atoms in total. The number of halogens is 4. The zero-order valence-electron chi connectivity index (χ0n) is 9.45. The second-order valence-electron chi connectivity index (χ2n) is 2.92. The van der Waals surface area contributed by atoms with E-state index in [0.29, 0.717) is 19.8 Å². The van der Waals surface area contributed by atoms with Crippen molar-refractivity contribution in [1.29, 1.82) is 0 Å². The zero-order valence-corrected chi connectivity index (χ0v) is 9.45. The molecule has 10 heteroatoms. The van der Waals surface area contributed by atoms with Gasteiger partial charge in [-0.15, -0.1) is 5.10 Å². The van der Waals surface area contributed by atoms with Crippen molar-refractivity contribution in [3.63, 3.8) is 0 Å². The van der Waals surface area contributed by atoms with E-state index >= 15 is 0 Å². The van der Waals surface area contributed by atoms with Gasteiger partial charge in [0.25, 0.3) is 0 Å². The van der Waals surface area contributed by atoms with E-state index in [4.69, 9.17) is 9.47 Å². The highest BCUT2D eigenvalue weighted by Gasteiger charge is 2.20. The van der Waals surface area contributed by atoms with E-state index in [1.165, 1.54) is 0 Å². The van der Waals surface area contributed by atoms with Crippen LogP contribution in [0.2, 0.25) is 0 Å². The van der Waals surface area contributed by atoms with Crippen molar-refractivity contribution in [2.24, 2.45) is 7.05 Å². The first-order chi connectivity index (χ1) is 7.83. The van der Waals surface area contributed by atoms with E-state index in [9.17, 15) is 17.3 Å². The van der Waals surface area contributed by atoms with E-state index < -0.39 is 7.25 Å². The van der Waals surface area contributed by atoms with Gasteiger partial charge in [0, 0.05) is 14.2 Å². The van der Waals surface area contributed by atoms with Gasteiger partial charge in [-0.1, -0.05) is 5.21 Å². The van der Waals surface area contributed by atoms with Crippen LogP contribution in [0.5, 0.6) is 0 Å². The zero-order chi connectivity index (χ0) is 13.3.